The first kappa shape index (κ1) is 15.6. The Bertz CT molecular complexity index is 485. The van der Waals surface area contributed by atoms with Gasteiger partial charge in [0.15, 0.2) is 0 Å². The van der Waals surface area contributed by atoms with Crippen molar-refractivity contribution in [3.63, 3.8) is 0 Å². The summed E-state index contributed by atoms with van der Waals surface area (Å²) >= 11 is 0. The minimum absolute atomic E-state index is 0.390. The van der Waals surface area contributed by atoms with Gasteiger partial charge in [-0.15, -0.1) is 0 Å². The number of piperazine rings is 1. The molecule has 1 fully saturated rings. The number of ether oxygens (including phenoxy) is 2. The number of carbonyl (C=O) groups excluding carboxylic acids is 1. The van der Waals surface area contributed by atoms with Crippen LogP contribution in [0.4, 0.5) is 5.69 Å². The number of anilines is 1. The Hall–Kier alpha value is -1.79. The Labute approximate surface area is 125 Å². The molecule has 1 aromatic carbocycles. The van der Waals surface area contributed by atoms with Gasteiger partial charge in [-0.3, -0.25) is 4.90 Å². The second-order valence-corrected chi connectivity index (χ2v) is 5.24. The van der Waals surface area contributed by atoms with E-state index in [0.29, 0.717) is 23.6 Å². The van der Waals surface area contributed by atoms with E-state index in [2.05, 4.69) is 16.8 Å². The van der Waals surface area contributed by atoms with E-state index >= 15 is 0 Å². The number of methoxy groups -OCH3 is 1. The highest BCUT2D eigenvalue weighted by molar-refractivity contribution is 5.90. The zero-order chi connectivity index (χ0) is 15.2. The number of esters is 1. The lowest BCUT2D eigenvalue weighted by Crippen LogP contribution is -2.45. The molecule has 6 nitrogen and oxygen atoms in total. The Kier molecular flexibility index (Phi) is 5.41. The molecule has 0 amide bonds. The van der Waals surface area contributed by atoms with Gasteiger partial charge in [-0.25, -0.2) is 4.79 Å². The fourth-order valence-electron chi connectivity index (χ4n) is 2.26. The highest BCUT2D eigenvalue weighted by atomic mass is 16.5. The molecule has 2 N–H and O–H groups in total. The van der Waals surface area contributed by atoms with Gasteiger partial charge >= 0.3 is 5.97 Å². The third-order valence-corrected chi connectivity index (χ3v) is 3.70. The molecule has 116 valence electrons. The van der Waals surface area contributed by atoms with Crippen LogP contribution in [0.5, 0.6) is 5.75 Å². The standard InChI is InChI=1S/C15H23N3O3/c1-17-5-7-18(8-6-17)9-10-21-14-11-12(15(19)20-2)3-4-13(14)16/h3-4,11H,5-10,16H2,1-2H3. The van der Waals surface area contributed by atoms with E-state index in [1.54, 1.807) is 18.2 Å². The zero-order valence-corrected chi connectivity index (χ0v) is 12.7. The lowest BCUT2D eigenvalue weighted by molar-refractivity contribution is 0.0600. The van der Waals surface area contributed by atoms with Crippen molar-refractivity contribution >= 4 is 11.7 Å². The second-order valence-electron chi connectivity index (χ2n) is 5.24. The first-order valence-electron chi connectivity index (χ1n) is 7.11. The molecular formula is C15H23N3O3. The molecule has 0 bridgehead atoms. The summed E-state index contributed by atoms with van der Waals surface area (Å²) in [6.45, 7) is 5.68. The van der Waals surface area contributed by atoms with Gasteiger partial charge in [0.05, 0.1) is 18.4 Å². The van der Waals surface area contributed by atoms with Gasteiger partial charge in [0.1, 0.15) is 12.4 Å². The third-order valence-electron chi connectivity index (χ3n) is 3.70. The van der Waals surface area contributed by atoms with Crippen LogP contribution in [-0.4, -0.2) is 69.3 Å². The summed E-state index contributed by atoms with van der Waals surface area (Å²) in [7, 11) is 3.49. The molecule has 0 atom stereocenters. The number of likely N-dealkylation sites (N-methyl/N-ethyl adjacent to an activating group) is 1. The SMILES string of the molecule is COC(=O)c1ccc(N)c(OCCN2CCN(C)CC2)c1. The lowest BCUT2D eigenvalue weighted by atomic mass is 10.2. The summed E-state index contributed by atoms with van der Waals surface area (Å²) in [4.78, 5) is 16.2. The molecule has 0 saturated carbocycles. The molecule has 1 saturated heterocycles. The first-order chi connectivity index (χ1) is 10.1. The predicted octanol–water partition coefficient (Wildman–Crippen LogP) is 0.682. The van der Waals surface area contributed by atoms with Gasteiger partial charge in [-0.1, -0.05) is 0 Å². The molecule has 0 aromatic heterocycles. The van der Waals surface area contributed by atoms with Crippen LogP contribution in [0, 0.1) is 0 Å². The number of carbonyl (C=O) groups is 1. The average molecular weight is 293 g/mol. The summed E-state index contributed by atoms with van der Waals surface area (Å²) in [6.07, 6.45) is 0. The maximum atomic E-state index is 11.5. The number of hydrogen-bond donors (Lipinski definition) is 1. The van der Waals surface area contributed by atoms with Crippen molar-refractivity contribution < 1.29 is 14.3 Å². The summed E-state index contributed by atoms with van der Waals surface area (Å²) in [5.41, 5.74) is 6.85. The van der Waals surface area contributed by atoms with Crippen LogP contribution in [0.2, 0.25) is 0 Å². The fourth-order valence-corrected chi connectivity index (χ4v) is 2.26. The van der Waals surface area contributed by atoms with Crippen molar-refractivity contribution in [2.75, 3.05) is 59.2 Å². The van der Waals surface area contributed by atoms with Crippen LogP contribution in [0.15, 0.2) is 18.2 Å². The Morgan fingerprint density at radius 2 is 2.00 bits per heavy atom. The van der Waals surface area contributed by atoms with Crippen molar-refractivity contribution in [1.29, 1.82) is 0 Å². The number of nitrogens with two attached hydrogens (primary N) is 1. The van der Waals surface area contributed by atoms with Crippen LogP contribution >= 0.6 is 0 Å². The van der Waals surface area contributed by atoms with Crippen LogP contribution in [0.1, 0.15) is 10.4 Å². The highest BCUT2D eigenvalue weighted by Crippen LogP contribution is 2.23. The average Bonchev–Trinajstić information content (AvgIpc) is 2.50. The lowest BCUT2D eigenvalue weighted by Gasteiger charge is -2.32. The van der Waals surface area contributed by atoms with E-state index in [9.17, 15) is 4.79 Å². The van der Waals surface area contributed by atoms with Crippen molar-refractivity contribution in [2.24, 2.45) is 0 Å². The molecule has 1 aliphatic rings. The van der Waals surface area contributed by atoms with Crippen molar-refractivity contribution in [3.05, 3.63) is 23.8 Å². The number of hydrogen-bond acceptors (Lipinski definition) is 6. The normalized spacial score (nSPS) is 16.7. The molecule has 1 heterocycles. The van der Waals surface area contributed by atoms with Crippen molar-refractivity contribution in [3.8, 4) is 5.75 Å². The second kappa shape index (κ2) is 7.28. The smallest absolute Gasteiger partial charge is 0.337 e. The van der Waals surface area contributed by atoms with Crippen LogP contribution in [0.3, 0.4) is 0 Å². The molecule has 6 heteroatoms. The van der Waals surface area contributed by atoms with Gasteiger partial charge in [0.2, 0.25) is 0 Å². The summed E-state index contributed by atoms with van der Waals surface area (Å²) in [5, 5.41) is 0. The van der Waals surface area contributed by atoms with E-state index in [-0.39, 0.29) is 5.97 Å². The van der Waals surface area contributed by atoms with Gasteiger partial charge in [-0.05, 0) is 25.2 Å². The molecule has 0 radical (unpaired) electrons. The Morgan fingerprint density at radius 3 is 2.67 bits per heavy atom. The minimum atomic E-state index is -0.390. The number of nitrogen functional groups attached to an aromatic ring is 1. The number of rotatable bonds is 5. The summed E-state index contributed by atoms with van der Waals surface area (Å²) < 4.78 is 10.4. The Morgan fingerprint density at radius 1 is 1.29 bits per heavy atom. The molecule has 0 spiro atoms. The topological polar surface area (TPSA) is 68.0 Å². The summed E-state index contributed by atoms with van der Waals surface area (Å²) in [5.74, 6) is 0.144. The minimum Gasteiger partial charge on any atom is -0.490 e. The predicted molar refractivity (Wildman–Crippen MR) is 81.6 cm³/mol. The van der Waals surface area contributed by atoms with E-state index in [1.807, 2.05) is 0 Å². The zero-order valence-electron chi connectivity index (χ0n) is 12.7. The molecule has 2 rings (SSSR count). The molecule has 0 unspecified atom stereocenters. The largest absolute Gasteiger partial charge is 0.490 e. The van der Waals surface area contributed by atoms with Gasteiger partial charge in [-0.2, -0.15) is 0 Å². The maximum Gasteiger partial charge on any atom is 0.337 e. The first-order valence-corrected chi connectivity index (χ1v) is 7.11. The molecule has 0 aliphatic carbocycles. The molecule has 21 heavy (non-hydrogen) atoms. The maximum absolute atomic E-state index is 11.5. The molecular weight excluding hydrogens is 270 g/mol. The number of nitrogens with zero attached hydrogens (tertiary/aromatic N) is 2. The van der Waals surface area contributed by atoms with E-state index in [4.69, 9.17) is 15.2 Å². The van der Waals surface area contributed by atoms with E-state index in [1.165, 1.54) is 7.11 Å². The van der Waals surface area contributed by atoms with Crippen molar-refractivity contribution in [2.45, 2.75) is 0 Å². The van der Waals surface area contributed by atoms with Crippen LogP contribution in [-0.2, 0) is 4.74 Å². The van der Waals surface area contributed by atoms with Crippen LogP contribution < -0.4 is 10.5 Å². The molecule has 1 aliphatic heterocycles. The van der Waals surface area contributed by atoms with Crippen LogP contribution in [0.25, 0.3) is 0 Å². The molecule has 1 aromatic rings. The monoisotopic (exact) mass is 293 g/mol. The van der Waals surface area contributed by atoms with Crippen molar-refractivity contribution in [1.82, 2.24) is 9.80 Å². The quantitative estimate of drug-likeness (QED) is 0.636. The summed E-state index contributed by atoms with van der Waals surface area (Å²) in [6, 6.07) is 4.93. The highest BCUT2D eigenvalue weighted by Gasteiger charge is 2.14. The van der Waals surface area contributed by atoms with E-state index in [0.717, 1.165) is 32.7 Å². The van der Waals surface area contributed by atoms with Gasteiger partial charge < -0.3 is 20.1 Å². The third kappa shape index (κ3) is 4.34. The number of benzene rings is 1. The van der Waals surface area contributed by atoms with Gasteiger partial charge in [0, 0.05) is 32.7 Å². The van der Waals surface area contributed by atoms with Gasteiger partial charge in [0.25, 0.3) is 0 Å². The Balaban J connectivity index is 1.86. The fraction of sp³-hybridized carbons (Fsp3) is 0.533. The van der Waals surface area contributed by atoms with E-state index < -0.39 is 0 Å².